The van der Waals surface area contributed by atoms with Gasteiger partial charge >= 0.3 is 12.4 Å². The van der Waals surface area contributed by atoms with Crippen molar-refractivity contribution in [3.05, 3.63) is 53.0 Å². The van der Waals surface area contributed by atoms with Crippen LogP contribution >= 0.6 is 0 Å². The molecule has 0 bridgehead atoms. The number of imidazole rings is 1. The van der Waals surface area contributed by atoms with Crippen LogP contribution in [-0.4, -0.2) is 48.5 Å². The summed E-state index contributed by atoms with van der Waals surface area (Å²) in [7, 11) is 0. The van der Waals surface area contributed by atoms with Crippen molar-refractivity contribution in [2.45, 2.75) is 81.6 Å². The van der Waals surface area contributed by atoms with Crippen LogP contribution in [0.2, 0.25) is 0 Å². The number of nitrogens with zero attached hydrogens (tertiary/aromatic N) is 5. The second-order valence-corrected chi connectivity index (χ2v) is 11.3. The summed E-state index contributed by atoms with van der Waals surface area (Å²) in [6.07, 6.45) is -7.81. The molecule has 3 aromatic rings. The fraction of sp³-hybridized carbons (Fsp3) is 0.556. The largest absolute Gasteiger partial charge is 0.434 e. The lowest BCUT2D eigenvalue weighted by atomic mass is 9.75. The Balaban J connectivity index is 1.51. The van der Waals surface area contributed by atoms with Crippen LogP contribution in [0.1, 0.15) is 96.5 Å². The Bertz CT molecular complexity index is 1540. The van der Waals surface area contributed by atoms with Crippen molar-refractivity contribution in [1.29, 1.82) is 0 Å². The fourth-order valence-electron chi connectivity index (χ4n) is 5.58. The summed E-state index contributed by atoms with van der Waals surface area (Å²) in [6, 6.07) is 0.926. The molecule has 0 spiro atoms. The van der Waals surface area contributed by atoms with Gasteiger partial charge in [0.05, 0.1) is 48.4 Å². The molecule has 2 fully saturated rings. The lowest BCUT2D eigenvalue weighted by molar-refractivity contribution is -0.144. The second kappa shape index (κ2) is 11.5. The van der Waals surface area contributed by atoms with Crippen LogP contribution < -0.4 is 11.1 Å². The number of primary amides is 1. The number of alkyl halides is 8. The van der Waals surface area contributed by atoms with Crippen LogP contribution in [0.15, 0.2) is 24.7 Å². The van der Waals surface area contributed by atoms with E-state index in [-0.39, 0.29) is 35.8 Å². The number of aromatic nitrogens is 5. The number of halogens is 8. The molecule has 0 saturated heterocycles. The van der Waals surface area contributed by atoms with Gasteiger partial charge in [-0.3, -0.25) is 14.6 Å². The third-order valence-electron chi connectivity index (χ3n) is 7.94. The first kappa shape index (κ1) is 31.5. The van der Waals surface area contributed by atoms with Gasteiger partial charge in [-0.15, -0.1) is 0 Å². The molecule has 3 aromatic heterocycles. The summed E-state index contributed by atoms with van der Waals surface area (Å²) in [6.45, 7) is 0. The zero-order valence-electron chi connectivity index (χ0n) is 22.9. The molecule has 0 aliphatic heterocycles. The van der Waals surface area contributed by atoms with Gasteiger partial charge in [0.15, 0.2) is 17.0 Å². The van der Waals surface area contributed by atoms with E-state index in [9.17, 15) is 44.7 Å². The number of amides is 2. The van der Waals surface area contributed by atoms with Gasteiger partial charge in [0.2, 0.25) is 11.8 Å². The van der Waals surface area contributed by atoms with Gasteiger partial charge in [-0.05, 0) is 49.1 Å². The van der Waals surface area contributed by atoms with E-state index in [1.807, 2.05) is 0 Å². The fourth-order valence-corrected chi connectivity index (χ4v) is 5.58. The van der Waals surface area contributed by atoms with Crippen molar-refractivity contribution in [3.63, 3.8) is 0 Å². The van der Waals surface area contributed by atoms with Crippen molar-refractivity contribution >= 4 is 17.5 Å². The van der Waals surface area contributed by atoms with Crippen molar-refractivity contribution in [3.8, 4) is 0 Å². The maximum atomic E-state index is 14.1. The van der Waals surface area contributed by atoms with E-state index in [0.717, 1.165) is 12.8 Å². The molecule has 9 nitrogen and oxygen atoms in total. The molecule has 2 aliphatic carbocycles. The topological polar surface area (TPSA) is 128 Å². The molecule has 3 heterocycles. The lowest BCUT2D eigenvalue weighted by Gasteiger charge is -2.33. The Labute approximate surface area is 244 Å². The third kappa shape index (κ3) is 7.23. The molecule has 2 amide bonds. The Kier molecular flexibility index (Phi) is 8.26. The van der Waals surface area contributed by atoms with E-state index in [1.165, 1.54) is 16.9 Å². The number of rotatable bonds is 9. The molecule has 17 heteroatoms. The molecule has 5 rings (SSSR count). The predicted octanol–water partition coefficient (Wildman–Crippen LogP) is 5.50. The van der Waals surface area contributed by atoms with Gasteiger partial charge in [0, 0.05) is 19.3 Å². The Morgan fingerprint density at radius 3 is 2.30 bits per heavy atom. The highest BCUT2D eigenvalue weighted by Crippen LogP contribution is 2.45. The van der Waals surface area contributed by atoms with Gasteiger partial charge in [0.25, 0.3) is 5.91 Å². The predicted molar refractivity (Wildman–Crippen MR) is 136 cm³/mol. The SMILES string of the molecule is NC(=O)c1nc(C(F)(F)F)cnc1[C@H](c1cn2ncc([C@H](NC(=O)CCC(F)(F)F)C3CC3)cc2n1)C1CCC(F)(F)CC1. The van der Waals surface area contributed by atoms with Crippen molar-refractivity contribution < 1.29 is 44.7 Å². The zero-order chi connectivity index (χ0) is 32.0. The van der Waals surface area contributed by atoms with E-state index < -0.39 is 85.0 Å². The van der Waals surface area contributed by atoms with Gasteiger partial charge < -0.3 is 11.1 Å². The lowest BCUT2D eigenvalue weighted by Crippen LogP contribution is -2.31. The highest BCUT2D eigenvalue weighted by molar-refractivity contribution is 5.92. The van der Waals surface area contributed by atoms with E-state index in [0.29, 0.717) is 11.8 Å². The van der Waals surface area contributed by atoms with Gasteiger partial charge in [0.1, 0.15) is 0 Å². The van der Waals surface area contributed by atoms with Crippen LogP contribution in [0.4, 0.5) is 35.1 Å². The average Bonchev–Trinajstić information content (AvgIpc) is 3.69. The molecule has 2 aliphatic rings. The summed E-state index contributed by atoms with van der Waals surface area (Å²) >= 11 is 0. The normalized spacial score (nSPS) is 19.1. The number of hydrogen-bond acceptors (Lipinski definition) is 6. The summed E-state index contributed by atoms with van der Waals surface area (Å²) in [5.41, 5.74) is 3.79. The minimum absolute atomic E-state index is 0.0271. The minimum Gasteiger partial charge on any atom is -0.364 e. The minimum atomic E-state index is -4.93. The van der Waals surface area contributed by atoms with Crippen molar-refractivity contribution in [2.75, 3.05) is 0 Å². The van der Waals surface area contributed by atoms with Crippen LogP contribution in [0.25, 0.3) is 5.65 Å². The number of nitrogens with two attached hydrogens (primary N) is 1. The smallest absolute Gasteiger partial charge is 0.364 e. The summed E-state index contributed by atoms with van der Waals surface area (Å²) < 4.78 is 107. The zero-order valence-corrected chi connectivity index (χ0v) is 22.9. The van der Waals surface area contributed by atoms with Crippen molar-refractivity contribution in [2.24, 2.45) is 17.6 Å². The maximum Gasteiger partial charge on any atom is 0.434 e. The summed E-state index contributed by atoms with van der Waals surface area (Å²) in [5.74, 6) is -6.69. The standard InChI is InChI=1S/C27H27F8N7O2/c28-25(29)6-3-13(4-7-25)20(22-23(24(36)44)40-17(11-37-22)27(33,34)35)16-12-42-18(39-16)9-15(10-38-42)21(14-1-2-14)41-19(43)5-8-26(30,31)32/h9-14,20-21H,1-8H2,(H2,36,44)(H,41,43)/t20-,21+/m0/s1. The van der Waals surface area contributed by atoms with Crippen LogP contribution in [-0.2, 0) is 11.0 Å². The third-order valence-corrected chi connectivity index (χ3v) is 7.94. The maximum absolute atomic E-state index is 14.1. The first-order valence-electron chi connectivity index (χ1n) is 13.8. The molecule has 0 radical (unpaired) electrons. The Hall–Kier alpha value is -3.92. The first-order chi connectivity index (χ1) is 20.5. The number of fused-ring (bicyclic) bond motifs is 1. The number of carbonyl (C=O) groups is 2. The molecule has 238 valence electrons. The van der Waals surface area contributed by atoms with E-state index in [4.69, 9.17) is 5.73 Å². The van der Waals surface area contributed by atoms with Crippen molar-refractivity contribution in [1.82, 2.24) is 29.9 Å². The van der Waals surface area contributed by atoms with Crippen LogP contribution in [0.5, 0.6) is 0 Å². The molecular formula is C27H27F8N7O2. The molecule has 0 unspecified atom stereocenters. The van der Waals surface area contributed by atoms with Gasteiger partial charge in [-0.2, -0.15) is 31.4 Å². The van der Waals surface area contributed by atoms with Crippen LogP contribution in [0.3, 0.4) is 0 Å². The van der Waals surface area contributed by atoms with Crippen LogP contribution in [0, 0.1) is 11.8 Å². The van der Waals surface area contributed by atoms with E-state index in [2.05, 4.69) is 25.4 Å². The molecule has 0 aromatic carbocycles. The first-order valence-corrected chi connectivity index (χ1v) is 13.8. The number of nitrogens with one attached hydrogen (secondary N) is 1. The second-order valence-electron chi connectivity index (χ2n) is 11.3. The summed E-state index contributed by atoms with van der Waals surface area (Å²) in [5, 5.41) is 6.94. The monoisotopic (exact) mass is 633 g/mol. The Morgan fingerprint density at radius 1 is 1.02 bits per heavy atom. The van der Waals surface area contributed by atoms with E-state index >= 15 is 0 Å². The summed E-state index contributed by atoms with van der Waals surface area (Å²) in [4.78, 5) is 36.4. The number of carbonyl (C=O) groups excluding carboxylic acids is 2. The molecular weight excluding hydrogens is 606 g/mol. The molecule has 2 saturated carbocycles. The quantitative estimate of drug-likeness (QED) is 0.300. The highest BCUT2D eigenvalue weighted by atomic mass is 19.4. The molecule has 3 N–H and O–H groups in total. The molecule has 2 atom stereocenters. The highest BCUT2D eigenvalue weighted by Gasteiger charge is 2.42. The Morgan fingerprint density at radius 2 is 1.70 bits per heavy atom. The van der Waals surface area contributed by atoms with Gasteiger partial charge in [-0.1, -0.05) is 0 Å². The number of hydrogen-bond donors (Lipinski definition) is 2. The molecule has 44 heavy (non-hydrogen) atoms. The average molecular weight is 634 g/mol. The van der Waals surface area contributed by atoms with Gasteiger partial charge in [-0.25, -0.2) is 23.3 Å². The van der Waals surface area contributed by atoms with E-state index in [1.54, 1.807) is 6.07 Å².